The van der Waals surface area contributed by atoms with E-state index in [1.807, 2.05) is 4.90 Å². The predicted octanol–water partition coefficient (Wildman–Crippen LogP) is 0.494. The molecule has 26 heavy (non-hydrogen) atoms. The maximum Gasteiger partial charge on any atom is 0.330 e. The van der Waals surface area contributed by atoms with E-state index in [2.05, 4.69) is 0 Å². The van der Waals surface area contributed by atoms with Crippen LogP contribution in [0.4, 0.5) is 10.1 Å². The van der Waals surface area contributed by atoms with Gasteiger partial charge in [0.2, 0.25) is 0 Å². The van der Waals surface area contributed by atoms with Crippen molar-refractivity contribution in [1.82, 2.24) is 14.0 Å². The average molecular weight is 360 g/mol. The van der Waals surface area contributed by atoms with Crippen molar-refractivity contribution in [2.45, 2.75) is 6.92 Å². The number of carbonyl (C=O) groups excluding carboxylic acids is 1. The summed E-state index contributed by atoms with van der Waals surface area (Å²) in [6.45, 7) is 3.61. The molecule has 1 saturated heterocycles. The van der Waals surface area contributed by atoms with E-state index >= 15 is 0 Å². The van der Waals surface area contributed by atoms with Gasteiger partial charge in [0.05, 0.1) is 0 Å². The van der Waals surface area contributed by atoms with Gasteiger partial charge < -0.3 is 9.80 Å². The van der Waals surface area contributed by atoms with Crippen LogP contribution >= 0.6 is 0 Å². The van der Waals surface area contributed by atoms with Crippen LogP contribution in [0, 0.1) is 12.7 Å². The van der Waals surface area contributed by atoms with Crippen LogP contribution in [-0.4, -0.2) is 46.1 Å². The van der Waals surface area contributed by atoms with E-state index < -0.39 is 0 Å². The van der Waals surface area contributed by atoms with Crippen LogP contribution in [-0.2, 0) is 14.1 Å². The van der Waals surface area contributed by atoms with Gasteiger partial charge in [-0.1, -0.05) is 0 Å². The molecule has 2 heterocycles. The van der Waals surface area contributed by atoms with E-state index in [0.29, 0.717) is 43.1 Å². The maximum atomic E-state index is 13.0. The molecule has 8 heteroatoms. The smallest absolute Gasteiger partial charge is 0.330 e. The summed E-state index contributed by atoms with van der Waals surface area (Å²) in [5.41, 5.74) is 0.847. The van der Waals surface area contributed by atoms with Crippen molar-refractivity contribution < 1.29 is 9.18 Å². The largest absolute Gasteiger partial charge is 0.362 e. The molecule has 0 saturated carbocycles. The zero-order valence-corrected chi connectivity index (χ0v) is 15.0. The fourth-order valence-electron chi connectivity index (χ4n) is 3.20. The van der Waals surface area contributed by atoms with Gasteiger partial charge in [-0.05, 0) is 31.2 Å². The van der Waals surface area contributed by atoms with E-state index in [1.165, 1.54) is 35.9 Å². The number of aromatic nitrogens is 2. The molecule has 0 radical (unpaired) electrons. The number of halogens is 1. The topological polar surface area (TPSA) is 67.6 Å². The number of carbonyl (C=O) groups is 1. The van der Waals surface area contributed by atoms with Gasteiger partial charge in [0.15, 0.2) is 0 Å². The molecule has 7 nitrogen and oxygen atoms in total. The summed E-state index contributed by atoms with van der Waals surface area (Å²) in [6.07, 6.45) is 0. The molecule has 0 atom stereocenters. The number of anilines is 1. The van der Waals surface area contributed by atoms with Crippen LogP contribution < -0.4 is 16.1 Å². The highest BCUT2D eigenvalue weighted by atomic mass is 19.1. The molecule has 0 spiro atoms. The van der Waals surface area contributed by atoms with Gasteiger partial charge >= 0.3 is 5.69 Å². The van der Waals surface area contributed by atoms with E-state index in [1.54, 1.807) is 18.9 Å². The first-order valence-corrected chi connectivity index (χ1v) is 8.37. The highest BCUT2D eigenvalue weighted by molar-refractivity contribution is 5.94. The number of hydrogen-bond acceptors (Lipinski definition) is 4. The molecule has 0 unspecified atom stereocenters. The summed E-state index contributed by atoms with van der Waals surface area (Å²) in [4.78, 5) is 40.6. The van der Waals surface area contributed by atoms with Crippen molar-refractivity contribution in [1.29, 1.82) is 0 Å². The van der Waals surface area contributed by atoms with Gasteiger partial charge in [0.1, 0.15) is 11.5 Å². The normalized spacial score (nSPS) is 14.6. The third-order valence-corrected chi connectivity index (χ3v) is 4.90. The van der Waals surface area contributed by atoms with Crippen molar-refractivity contribution in [3.63, 3.8) is 0 Å². The van der Waals surface area contributed by atoms with Gasteiger partial charge in [-0.25, -0.2) is 9.18 Å². The molecule has 138 valence electrons. The van der Waals surface area contributed by atoms with Crippen molar-refractivity contribution >= 4 is 11.6 Å². The Morgan fingerprint density at radius 1 is 0.962 bits per heavy atom. The Balaban J connectivity index is 1.79. The summed E-state index contributed by atoms with van der Waals surface area (Å²) in [5.74, 6) is -0.540. The quantitative estimate of drug-likeness (QED) is 0.782. The van der Waals surface area contributed by atoms with E-state index in [9.17, 15) is 18.8 Å². The summed E-state index contributed by atoms with van der Waals surface area (Å²) < 4.78 is 15.6. The predicted molar refractivity (Wildman–Crippen MR) is 96.2 cm³/mol. The molecule has 3 rings (SSSR count). The number of rotatable bonds is 2. The standard InChI is InChI=1S/C18H21FN4O3/c1-12-15(17(25)21(3)18(26)20(12)2)22-8-10-23(11-9-22)16(24)13-4-6-14(19)7-5-13/h4-7H,8-11H2,1-3H3. The Morgan fingerprint density at radius 2 is 1.54 bits per heavy atom. The van der Waals surface area contributed by atoms with Crippen LogP contribution in [0.3, 0.4) is 0 Å². The van der Waals surface area contributed by atoms with Crippen molar-refractivity contribution in [3.05, 3.63) is 62.2 Å². The fourth-order valence-corrected chi connectivity index (χ4v) is 3.20. The number of amides is 1. The van der Waals surface area contributed by atoms with Crippen LogP contribution in [0.1, 0.15) is 16.1 Å². The molecular weight excluding hydrogens is 339 g/mol. The number of hydrogen-bond donors (Lipinski definition) is 0. The van der Waals surface area contributed by atoms with E-state index in [-0.39, 0.29) is 23.0 Å². The summed E-state index contributed by atoms with van der Waals surface area (Å²) in [6, 6.07) is 5.47. The molecule has 2 aromatic rings. The Morgan fingerprint density at radius 3 is 2.12 bits per heavy atom. The zero-order valence-electron chi connectivity index (χ0n) is 15.0. The number of piperazine rings is 1. The summed E-state index contributed by atoms with van der Waals surface area (Å²) in [5, 5.41) is 0. The first kappa shape index (κ1) is 17.9. The van der Waals surface area contributed by atoms with Crippen LogP contribution in [0.25, 0.3) is 0 Å². The number of nitrogens with zero attached hydrogens (tertiary/aromatic N) is 4. The van der Waals surface area contributed by atoms with Gasteiger partial charge in [0, 0.05) is 51.5 Å². The minimum atomic E-state index is -0.382. The molecule has 1 aliphatic heterocycles. The highest BCUT2D eigenvalue weighted by Crippen LogP contribution is 2.17. The minimum Gasteiger partial charge on any atom is -0.362 e. The Labute approximate surface area is 149 Å². The van der Waals surface area contributed by atoms with Gasteiger partial charge in [-0.3, -0.25) is 18.7 Å². The van der Waals surface area contributed by atoms with Crippen molar-refractivity contribution in [3.8, 4) is 0 Å². The number of benzene rings is 1. The fraction of sp³-hybridized carbons (Fsp3) is 0.389. The third kappa shape index (κ3) is 3.02. The molecule has 0 aliphatic carbocycles. The first-order valence-electron chi connectivity index (χ1n) is 8.37. The zero-order chi connectivity index (χ0) is 19.0. The van der Waals surface area contributed by atoms with Crippen molar-refractivity contribution in [2.75, 3.05) is 31.1 Å². The first-order chi connectivity index (χ1) is 12.3. The Kier molecular flexibility index (Phi) is 4.67. The van der Waals surface area contributed by atoms with E-state index in [4.69, 9.17) is 0 Å². The Hall–Kier alpha value is -2.90. The second kappa shape index (κ2) is 6.78. The molecule has 1 amide bonds. The molecule has 1 aromatic carbocycles. The lowest BCUT2D eigenvalue weighted by molar-refractivity contribution is 0.0746. The van der Waals surface area contributed by atoms with Crippen LogP contribution in [0.2, 0.25) is 0 Å². The van der Waals surface area contributed by atoms with Gasteiger partial charge in [-0.15, -0.1) is 0 Å². The lowest BCUT2D eigenvalue weighted by Gasteiger charge is -2.36. The Bertz CT molecular complexity index is 954. The molecule has 1 aromatic heterocycles. The minimum absolute atomic E-state index is 0.158. The molecule has 1 aliphatic rings. The lowest BCUT2D eigenvalue weighted by atomic mass is 10.1. The SMILES string of the molecule is Cc1c(N2CCN(C(=O)c3ccc(F)cc3)CC2)c(=O)n(C)c(=O)n1C. The summed E-state index contributed by atoms with van der Waals surface area (Å²) in [7, 11) is 3.09. The second-order valence-corrected chi connectivity index (χ2v) is 6.43. The van der Waals surface area contributed by atoms with Gasteiger partial charge in [0.25, 0.3) is 11.5 Å². The van der Waals surface area contributed by atoms with E-state index in [0.717, 1.165) is 4.57 Å². The van der Waals surface area contributed by atoms with Gasteiger partial charge in [-0.2, -0.15) is 0 Å². The highest BCUT2D eigenvalue weighted by Gasteiger charge is 2.26. The monoisotopic (exact) mass is 360 g/mol. The van der Waals surface area contributed by atoms with Crippen LogP contribution in [0.15, 0.2) is 33.9 Å². The summed E-state index contributed by atoms with van der Waals surface area (Å²) >= 11 is 0. The maximum absolute atomic E-state index is 13.0. The lowest BCUT2D eigenvalue weighted by Crippen LogP contribution is -2.52. The van der Waals surface area contributed by atoms with Crippen LogP contribution in [0.5, 0.6) is 0 Å². The molecule has 0 N–H and O–H groups in total. The third-order valence-electron chi connectivity index (χ3n) is 4.90. The average Bonchev–Trinajstić information content (AvgIpc) is 2.65. The van der Waals surface area contributed by atoms with Crippen molar-refractivity contribution in [2.24, 2.45) is 14.1 Å². The molecular formula is C18H21FN4O3. The molecule has 0 bridgehead atoms. The molecule has 1 fully saturated rings. The second-order valence-electron chi connectivity index (χ2n) is 6.43.